The predicted octanol–water partition coefficient (Wildman–Crippen LogP) is 1.19. The van der Waals surface area contributed by atoms with E-state index in [2.05, 4.69) is 36.5 Å². The molecule has 0 saturated heterocycles. The summed E-state index contributed by atoms with van der Waals surface area (Å²) in [6, 6.07) is 0. The summed E-state index contributed by atoms with van der Waals surface area (Å²) in [5.41, 5.74) is 0. The number of allylic oxidation sites excluding steroid dienone is 8. The van der Waals surface area contributed by atoms with E-state index in [9.17, 15) is 0 Å². The van der Waals surface area contributed by atoms with E-state index < -0.39 is 0 Å². The first kappa shape index (κ1) is 9.86. The summed E-state index contributed by atoms with van der Waals surface area (Å²) in [5.74, 6) is 0. The third kappa shape index (κ3) is 2.38. The van der Waals surface area contributed by atoms with Gasteiger partial charge in [0.1, 0.15) is 0 Å². The monoisotopic (exact) mass is 168 g/mol. The molecule has 0 fully saturated rings. The Kier molecular flexibility index (Phi) is 3.87. The molecule has 0 atom stereocenters. The van der Waals surface area contributed by atoms with Crippen molar-refractivity contribution in [1.29, 1.82) is 0 Å². The minimum atomic E-state index is -0.0386. The van der Waals surface area contributed by atoms with Gasteiger partial charge in [-0.2, -0.15) is 0 Å². The molecule has 0 nitrogen and oxygen atoms in total. The zero-order valence-electron chi connectivity index (χ0n) is 6.59. The van der Waals surface area contributed by atoms with Crippen molar-refractivity contribution < 1.29 is 0 Å². The van der Waals surface area contributed by atoms with E-state index in [1.54, 1.807) is 10.4 Å². The second-order valence-electron chi connectivity index (χ2n) is 3.09. The molecule has 0 radical (unpaired) electrons. The zero-order valence-corrected chi connectivity index (χ0v) is 8.00. The van der Waals surface area contributed by atoms with Crippen LogP contribution in [-0.2, 0) is 0 Å². The molecular weight excluding hydrogens is 155 g/mol. The topological polar surface area (TPSA) is 0 Å². The van der Waals surface area contributed by atoms with Crippen LogP contribution in [0.25, 0.3) is 0 Å². The van der Waals surface area contributed by atoms with Gasteiger partial charge < -0.3 is 0 Å². The van der Waals surface area contributed by atoms with E-state index in [1.165, 1.54) is 12.8 Å². The van der Waals surface area contributed by atoms with Crippen molar-refractivity contribution in [3.63, 3.8) is 0 Å². The average Bonchev–Trinajstić information content (AvgIpc) is 2.60. The van der Waals surface area contributed by atoms with Crippen LogP contribution in [0.15, 0.2) is 46.8 Å². The number of rotatable bonds is 2. The predicted molar refractivity (Wildman–Crippen MR) is 59.4 cm³/mol. The third-order valence-corrected chi connectivity index (χ3v) is 4.11. The van der Waals surface area contributed by atoms with E-state index >= 15 is 0 Å². The molecule has 0 aromatic rings. The Hall–Kier alpha value is -0.226. The molecule has 0 amide bonds. The Morgan fingerprint density at radius 2 is 1.42 bits per heavy atom. The normalized spacial score (nSPS) is 19.0. The molecule has 0 bridgehead atoms. The van der Waals surface area contributed by atoms with Crippen LogP contribution in [0.1, 0.15) is 12.8 Å². The molecule has 0 unspecified atom stereocenters. The Morgan fingerprint density at radius 1 is 0.917 bits per heavy atom. The summed E-state index contributed by atoms with van der Waals surface area (Å²) in [6.07, 6.45) is 15.9. The Labute approximate surface area is 88.1 Å². The van der Waals surface area contributed by atoms with Gasteiger partial charge in [-0.3, -0.25) is 0 Å². The molecule has 12 heavy (non-hydrogen) atoms. The molecule has 0 saturated carbocycles. The fraction of sp³-hybridized carbons (Fsp3) is 0.200. The van der Waals surface area contributed by atoms with E-state index in [-0.39, 0.29) is 28.4 Å². The van der Waals surface area contributed by atoms with Crippen molar-refractivity contribution in [3.05, 3.63) is 46.8 Å². The first-order valence-corrected chi connectivity index (χ1v) is 5.56. The molecule has 58 valence electrons. The van der Waals surface area contributed by atoms with Crippen LogP contribution >= 0.6 is 0 Å². The van der Waals surface area contributed by atoms with Crippen molar-refractivity contribution in [2.45, 2.75) is 12.8 Å². The first-order chi connectivity index (χ1) is 5.45. The van der Waals surface area contributed by atoms with E-state index in [1.807, 2.05) is 0 Å². The van der Waals surface area contributed by atoms with Gasteiger partial charge in [0.15, 0.2) is 0 Å². The molecule has 2 heteroatoms. The van der Waals surface area contributed by atoms with Gasteiger partial charge in [0.05, 0.1) is 9.52 Å². The second-order valence-corrected chi connectivity index (χ2v) is 5.26. The minimum absolute atomic E-state index is 0. The summed E-state index contributed by atoms with van der Waals surface area (Å²) in [4.78, 5) is 0. The first-order valence-electron chi connectivity index (χ1n) is 4.14. The second kappa shape index (κ2) is 4.72. The molecule has 0 heterocycles. The fourth-order valence-corrected chi connectivity index (χ4v) is 3.25. The summed E-state index contributed by atoms with van der Waals surface area (Å²) < 4.78 is 0. The van der Waals surface area contributed by atoms with Gasteiger partial charge in [-0.05, 0) is 12.8 Å². The van der Waals surface area contributed by atoms with Gasteiger partial charge in [-0.15, -0.1) is 0 Å². The van der Waals surface area contributed by atoms with Crippen molar-refractivity contribution in [2.24, 2.45) is 0 Å². The molecule has 2 aliphatic rings. The van der Waals surface area contributed by atoms with E-state index in [0.29, 0.717) is 0 Å². The van der Waals surface area contributed by atoms with Crippen molar-refractivity contribution in [1.82, 2.24) is 0 Å². The molecule has 0 N–H and O–H groups in total. The Balaban J connectivity index is 0.000000720. The van der Waals surface area contributed by atoms with Crippen molar-refractivity contribution in [2.75, 3.05) is 0 Å². The zero-order chi connectivity index (χ0) is 7.52. The fourth-order valence-electron chi connectivity index (χ4n) is 1.54. The molecule has 0 aromatic heterocycles. The summed E-state index contributed by atoms with van der Waals surface area (Å²) >= 11 is 0. The maximum absolute atomic E-state index is 2.30. The molecule has 2 aliphatic carbocycles. The number of hydrogen-bond acceptors (Lipinski definition) is 0. The summed E-state index contributed by atoms with van der Waals surface area (Å²) in [5, 5.41) is 3.39. The van der Waals surface area contributed by atoms with Crippen LogP contribution in [0.4, 0.5) is 0 Å². The van der Waals surface area contributed by atoms with Crippen LogP contribution in [0.2, 0.25) is 0 Å². The van der Waals surface area contributed by atoms with Gasteiger partial charge in [0.25, 0.3) is 0 Å². The Morgan fingerprint density at radius 3 is 1.75 bits per heavy atom. The maximum atomic E-state index is 2.30. The standard InChI is InChI=1S/C10H12Si.Li.H/c1-2-6-9(5-1)11-10-7-3-4-8-10;;/h1-5,7H,6,8,11H2;;. The third-order valence-electron chi connectivity index (χ3n) is 2.15. The summed E-state index contributed by atoms with van der Waals surface area (Å²) in [6.45, 7) is 0. The van der Waals surface area contributed by atoms with Crippen LogP contribution in [0, 0.1) is 0 Å². The Bertz CT molecular complexity index is 244. The molecule has 2 rings (SSSR count). The molecule has 0 aliphatic heterocycles. The van der Waals surface area contributed by atoms with E-state index in [4.69, 9.17) is 0 Å². The van der Waals surface area contributed by atoms with Crippen molar-refractivity contribution in [3.8, 4) is 0 Å². The molecular formula is C10H13LiSi. The van der Waals surface area contributed by atoms with Crippen molar-refractivity contribution >= 4 is 28.4 Å². The van der Waals surface area contributed by atoms with Gasteiger partial charge >= 0.3 is 18.9 Å². The quantitative estimate of drug-likeness (QED) is 0.543. The van der Waals surface area contributed by atoms with Gasteiger partial charge in [-0.1, -0.05) is 46.8 Å². The van der Waals surface area contributed by atoms with Crippen LogP contribution in [0.5, 0.6) is 0 Å². The SMILES string of the molecule is C1=CCC([SiH2]C2=CC=CC2)=C1.[LiH]. The molecule has 0 spiro atoms. The van der Waals surface area contributed by atoms with E-state index in [0.717, 1.165) is 0 Å². The molecule has 0 aromatic carbocycles. The number of hydrogen-bond donors (Lipinski definition) is 0. The van der Waals surface area contributed by atoms with Crippen LogP contribution < -0.4 is 0 Å². The van der Waals surface area contributed by atoms with Gasteiger partial charge in [0.2, 0.25) is 0 Å². The van der Waals surface area contributed by atoms with Gasteiger partial charge in [-0.25, -0.2) is 0 Å². The van der Waals surface area contributed by atoms with Gasteiger partial charge in [0, 0.05) is 0 Å². The van der Waals surface area contributed by atoms with Crippen LogP contribution in [-0.4, -0.2) is 28.4 Å². The van der Waals surface area contributed by atoms with Crippen LogP contribution in [0.3, 0.4) is 0 Å². The summed E-state index contributed by atoms with van der Waals surface area (Å²) in [7, 11) is -0.0386. The average molecular weight is 168 g/mol.